The Bertz CT molecular complexity index is 607. The molecule has 1 aromatic rings. The number of nitrogens with one attached hydrogen (secondary N) is 1. The number of nitriles is 1. The van der Waals surface area contributed by atoms with Gasteiger partial charge in [-0.3, -0.25) is 0 Å². The van der Waals surface area contributed by atoms with Crippen LogP contribution in [0.3, 0.4) is 0 Å². The van der Waals surface area contributed by atoms with Crippen molar-refractivity contribution in [1.29, 1.82) is 5.26 Å². The van der Waals surface area contributed by atoms with Crippen LogP contribution in [0.25, 0.3) is 0 Å². The van der Waals surface area contributed by atoms with Crippen molar-refractivity contribution in [3.63, 3.8) is 0 Å². The number of hydrogen-bond donors (Lipinski definition) is 2. The topological polar surface area (TPSA) is 90.2 Å². The number of benzene rings is 1. The second kappa shape index (κ2) is 5.29. The van der Waals surface area contributed by atoms with Gasteiger partial charge in [0, 0.05) is 6.42 Å². The first-order valence-corrected chi connectivity index (χ1v) is 7.71. The van der Waals surface area contributed by atoms with E-state index in [1.807, 2.05) is 12.1 Å². The summed E-state index contributed by atoms with van der Waals surface area (Å²) in [5.41, 5.74) is 1.72. The fourth-order valence-corrected chi connectivity index (χ4v) is 3.74. The quantitative estimate of drug-likeness (QED) is 0.856. The molecule has 3 atom stereocenters. The van der Waals surface area contributed by atoms with E-state index >= 15 is 0 Å². The third-order valence-electron chi connectivity index (χ3n) is 3.38. The molecule has 0 fully saturated rings. The predicted octanol–water partition coefficient (Wildman–Crippen LogP) is 0.866. The van der Waals surface area contributed by atoms with Crippen LogP contribution in [-0.4, -0.2) is 24.9 Å². The highest BCUT2D eigenvalue weighted by molar-refractivity contribution is 7.90. The van der Waals surface area contributed by atoms with Gasteiger partial charge in [0.1, 0.15) is 0 Å². The van der Waals surface area contributed by atoms with Gasteiger partial charge in [-0.25, -0.2) is 13.1 Å². The molecule has 0 heterocycles. The second-order valence-corrected chi connectivity index (χ2v) is 6.53. The molecule has 0 saturated carbocycles. The molecular formula is C13H16N2O3S. The molecular weight excluding hydrogens is 264 g/mol. The summed E-state index contributed by atoms with van der Waals surface area (Å²) in [6.07, 6.45) is -0.147. The van der Waals surface area contributed by atoms with E-state index in [0.717, 1.165) is 11.1 Å². The van der Waals surface area contributed by atoms with Crippen molar-refractivity contribution in [2.75, 3.05) is 0 Å². The van der Waals surface area contributed by atoms with Crippen molar-refractivity contribution in [3.8, 4) is 6.07 Å². The van der Waals surface area contributed by atoms with Crippen molar-refractivity contribution >= 4 is 10.0 Å². The Hall–Kier alpha value is -1.42. The molecule has 1 aromatic carbocycles. The van der Waals surface area contributed by atoms with Crippen LogP contribution in [0.2, 0.25) is 0 Å². The van der Waals surface area contributed by atoms with Crippen molar-refractivity contribution in [2.24, 2.45) is 0 Å². The molecule has 6 heteroatoms. The average molecular weight is 280 g/mol. The summed E-state index contributed by atoms with van der Waals surface area (Å²) in [6.45, 7) is 1.64. The normalized spacial score (nSPS) is 23.6. The number of fused-ring (bicyclic) bond motifs is 1. The summed E-state index contributed by atoms with van der Waals surface area (Å²) in [7, 11) is -3.75. The highest BCUT2D eigenvalue weighted by Crippen LogP contribution is 2.32. The van der Waals surface area contributed by atoms with E-state index in [1.165, 1.54) is 0 Å². The maximum atomic E-state index is 12.1. The molecule has 0 spiro atoms. The number of sulfonamides is 1. The minimum absolute atomic E-state index is 0.219. The molecule has 1 unspecified atom stereocenters. The van der Waals surface area contributed by atoms with Crippen LogP contribution in [0.4, 0.5) is 0 Å². The Morgan fingerprint density at radius 1 is 1.53 bits per heavy atom. The molecule has 5 nitrogen and oxygen atoms in total. The van der Waals surface area contributed by atoms with Gasteiger partial charge in [0.05, 0.1) is 18.2 Å². The standard InChI is InChI=1S/C13H16N2O3S/c1-2-10(8-14)19(17,18)15-13-11-6-4-3-5-9(11)7-12(13)16/h3-6,10,12-13,15-16H,2,7H2,1H3/t10?,12-,13+/m1/s1. The summed E-state index contributed by atoms with van der Waals surface area (Å²) in [5.74, 6) is 0. The van der Waals surface area contributed by atoms with E-state index < -0.39 is 27.4 Å². The largest absolute Gasteiger partial charge is 0.391 e. The van der Waals surface area contributed by atoms with Crippen molar-refractivity contribution in [3.05, 3.63) is 35.4 Å². The minimum Gasteiger partial charge on any atom is -0.391 e. The van der Waals surface area contributed by atoms with Crippen molar-refractivity contribution in [1.82, 2.24) is 4.72 Å². The van der Waals surface area contributed by atoms with Gasteiger partial charge < -0.3 is 5.11 Å². The third kappa shape index (κ3) is 2.63. The van der Waals surface area contributed by atoms with Crippen LogP contribution in [-0.2, 0) is 16.4 Å². The van der Waals surface area contributed by atoms with Gasteiger partial charge in [0.2, 0.25) is 10.0 Å². The fraction of sp³-hybridized carbons (Fsp3) is 0.462. The SMILES string of the molecule is CCC(C#N)S(=O)(=O)N[C@H]1c2ccccc2C[C@H]1O. The van der Waals surface area contributed by atoms with Gasteiger partial charge in [-0.05, 0) is 17.5 Å². The van der Waals surface area contributed by atoms with E-state index in [4.69, 9.17) is 5.26 Å². The van der Waals surface area contributed by atoms with Crippen LogP contribution in [0.15, 0.2) is 24.3 Å². The summed E-state index contributed by atoms with van der Waals surface area (Å²) in [4.78, 5) is 0. The lowest BCUT2D eigenvalue weighted by molar-refractivity contribution is 0.151. The van der Waals surface area contributed by atoms with Gasteiger partial charge in [-0.15, -0.1) is 0 Å². The van der Waals surface area contributed by atoms with Gasteiger partial charge in [0.15, 0.2) is 5.25 Å². The maximum Gasteiger partial charge on any atom is 0.228 e. The zero-order valence-electron chi connectivity index (χ0n) is 10.6. The molecule has 0 amide bonds. The average Bonchev–Trinajstić information content (AvgIpc) is 2.67. The molecule has 0 radical (unpaired) electrons. The van der Waals surface area contributed by atoms with E-state index in [1.54, 1.807) is 25.1 Å². The molecule has 2 rings (SSSR count). The zero-order chi connectivity index (χ0) is 14.0. The monoisotopic (exact) mass is 280 g/mol. The Morgan fingerprint density at radius 2 is 2.21 bits per heavy atom. The number of rotatable bonds is 4. The maximum absolute atomic E-state index is 12.1. The molecule has 19 heavy (non-hydrogen) atoms. The molecule has 2 N–H and O–H groups in total. The summed E-state index contributed by atoms with van der Waals surface area (Å²) in [5, 5.41) is 17.8. The predicted molar refractivity (Wildman–Crippen MR) is 70.6 cm³/mol. The molecule has 1 aliphatic rings. The van der Waals surface area contributed by atoms with E-state index in [0.29, 0.717) is 6.42 Å². The van der Waals surface area contributed by atoms with Gasteiger partial charge in [-0.2, -0.15) is 5.26 Å². The first-order valence-electron chi connectivity index (χ1n) is 6.16. The number of hydrogen-bond acceptors (Lipinski definition) is 4. The van der Waals surface area contributed by atoms with E-state index in [9.17, 15) is 13.5 Å². The van der Waals surface area contributed by atoms with Crippen molar-refractivity contribution < 1.29 is 13.5 Å². The molecule has 1 aliphatic carbocycles. The first kappa shape index (κ1) is 14.0. The van der Waals surface area contributed by atoms with Crippen LogP contribution in [0.5, 0.6) is 0 Å². The number of aliphatic hydroxyl groups is 1. The van der Waals surface area contributed by atoms with Crippen LogP contribution in [0, 0.1) is 11.3 Å². The highest BCUT2D eigenvalue weighted by atomic mass is 32.2. The van der Waals surface area contributed by atoms with Gasteiger partial charge >= 0.3 is 0 Å². The van der Waals surface area contributed by atoms with Crippen LogP contribution >= 0.6 is 0 Å². The lowest BCUT2D eigenvalue weighted by atomic mass is 10.1. The minimum atomic E-state index is -3.75. The zero-order valence-corrected chi connectivity index (χ0v) is 11.4. The lowest BCUT2D eigenvalue weighted by Crippen LogP contribution is -2.39. The van der Waals surface area contributed by atoms with Gasteiger partial charge in [-0.1, -0.05) is 31.2 Å². The van der Waals surface area contributed by atoms with Gasteiger partial charge in [0.25, 0.3) is 0 Å². The molecule has 102 valence electrons. The van der Waals surface area contributed by atoms with E-state index in [-0.39, 0.29) is 6.42 Å². The summed E-state index contributed by atoms with van der Waals surface area (Å²) in [6, 6.07) is 8.44. The first-order chi connectivity index (χ1) is 8.99. The number of aliphatic hydroxyl groups excluding tert-OH is 1. The second-order valence-electron chi connectivity index (χ2n) is 4.64. The summed E-state index contributed by atoms with van der Waals surface area (Å²) >= 11 is 0. The Morgan fingerprint density at radius 3 is 2.84 bits per heavy atom. The Kier molecular flexibility index (Phi) is 3.90. The van der Waals surface area contributed by atoms with E-state index in [2.05, 4.69) is 4.72 Å². The highest BCUT2D eigenvalue weighted by Gasteiger charge is 2.36. The smallest absolute Gasteiger partial charge is 0.228 e. The molecule has 0 bridgehead atoms. The third-order valence-corrected chi connectivity index (χ3v) is 5.15. The molecule has 0 saturated heterocycles. The summed E-state index contributed by atoms with van der Waals surface area (Å²) < 4.78 is 26.6. The Labute approximate surface area is 112 Å². The Balaban J connectivity index is 2.28. The lowest BCUT2D eigenvalue weighted by Gasteiger charge is -2.19. The number of nitrogens with zero attached hydrogens (tertiary/aromatic N) is 1. The van der Waals surface area contributed by atoms with Crippen LogP contribution in [0.1, 0.15) is 30.5 Å². The van der Waals surface area contributed by atoms with Crippen molar-refractivity contribution in [2.45, 2.75) is 37.2 Å². The molecule has 0 aromatic heterocycles. The molecule has 0 aliphatic heterocycles. The van der Waals surface area contributed by atoms with Crippen LogP contribution < -0.4 is 4.72 Å². The fourth-order valence-electron chi connectivity index (χ4n) is 2.36.